The van der Waals surface area contributed by atoms with Crippen LogP contribution in [0.5, 0.6) is 0 Å². The summed E-state index contributed by atoms with van der Waals surface area (Å²) >= 11 is 1.66. The summed E-state index contributed by atoms with van der Waals surface area (Å²) in [7, 11) is 0. The van der Waals surface area contributed by atoms with Crippen molar-refractivity contribution in [3.63, 3.8) is 0 Å². The minimum absolute atomic E-state index is 0.227. The van der Waals surface area contributed by atoms with Crippen LogP contribution in [0.4, 0.5) is 9.52 Å². The van der Waals surface area contributed by atoms with Gasteiger partial charge >= 0.3 is 0 Å². The highest BCUT2D eigenvalue weighted by Crippen LogP contribution is 2.34. The van der Waals surface area contributed by atoms with E-state index in [0.717, 1.165) is 52.8 Å². The van der Waals surface area contributed by atoms with E-state index in [-0.39, 0.29) is 17.8 Å². The fourth-order valence-corrected chi connectivity index (χ4v) is 6.01. The number of aryl methyl sites for hydroxylation is 1. The van der Waals surface area contributed by atoms with Gasteiger partial charge in [0.2, 0.25) is 5.91 Å². The molecule has 5 rings (SSSR count). The molecule has 8 heteroatoms. The van der Waals surface area contributed by atoms with Gasteiger partial charge in [0.1, 0.15) is 5.82 Å². The van der Waals surface area contributed by atoms with Crippen molar-refractivity contribution in [2.45, 2.75) is 64.3 Å². The van der Waals surface area contributed by atoms with Crippen LogP contribution >= 0.6 is 11.3 Å². The van der Waals surface area contributed by atoms with Gasteiger partial charge in [-0.25, -0.2) is 9.07 Å². The van der Waals surface area contributed by atoms with Crippen molar-refractivity contribution in [1.29, 1.82) is 0 Å². The summed E-state index contributed by atoms with van der Waals surface area (Å²) in [5.74, 6) is 0.544. The SMILES string of the molecule is Cc1nn(-c2ccc(F)cc2)c2nc(N3CCC(NC(=O)CC4CCCCC4)CC3)sc12. The van der Waals surface area contributed by atoms with E-state index in [9.17, 15) is 9.18 Å². The fourth-order valence-electron chi connectivity index (χ4n) is 4.98. The Kier molecular flexibility index (Phi) is 6.13. The number of hydrogen-bond donors (Lipinski definition) is 1. The van der Waals surface area contributed by atoms with Gasteiger partial charge in [-0.2, -0.15) is 10.1 Å². The van der Waals surface area contributed by atoms with E-state index in [4.69, 9.17) is 4.98 Å². The molecule has 1 saturated carbocycles. The molecule has 0 radical (unpaired) electrons. The number of nitrogens with one attached hydrogen (secondary N) is 1. The lowest BCUT2D eigenvalue weighted by Gasteiger charge is -2.32. The van der Waals surface area contributed by atoms with Crippen LogP contribution < -0.4 is 10.2 Å². The third-order valence-electron chi connectivity index (χ3n) is 6.78. The van der Waals surface area contributed by atoms with Crippen molar-refractivity contribution in [3.8, 4) is 5.69 Å². The molecule has 1 aliphatic carbocycles. The van der Waals surface area contributed by atoms with Crippen LogP contribution in [0.15, 0.2) is 24.3 Å². The van der Waals surface area contributed by atoms with Gasteiger partial charge in [-0.1, -0.05) is 30.6 Å². The van der Waals surface area contributed by atoms with E-state index >= 15 is 0 Å². The van der Waals surface area contributed by atoms with E-state index in [0.29, 0.717) is 12.3 Å². The van der Waals surface area contributed by atoms with Gasteiger partial charge in [0.15, 0.2) is 10.8 Å². The lowest BCUT2D eigenvalue weighted by Crippen LogP contribution is -2.45. The maximum atomic E-state index is 13.3. The Bertz CT molecular complexity index is 1080. The summed E-state index contributed by atoms with van der Waals surface area (Å²) in [6.07, 6.45) is 8.86. The number of carbonyl (C=O) groups excluding carboxylic acids is 1. The highest BCUT2D eigenvalue weighted by molar-refractivity contribution is 7.22. The molecular formula is C24H30FN5OS. The zero-order chi connectivity index (χ0) is 22.1. The highest BCUT2D eigenvalue weighted by atomic mass is 32.1. The lowest BCUT2D eigenvalue weighted by atomic mass is 9.86. The van der Waals surface area contributed by atoms with Crippen molar-refractivity contribution in [1.82, 2.24) is 20.1 Å². The molecule has 1 amide bonds. The predicted molar refractivity (Wildman–Crippen MR) is 126 cm³/mol. The first-order chi connectivity index (χ1) is 15.6. The Morgan fingerprint density at radius 3 is 2.56 bits per heavy atom. The number of anilines is 1. The molecule has 1 saturated heterocycles. The van der Waals surface area contributed by atoms with Gasteiger partial charge < -0.3 is 10.2 Å². The van der Waals surface area contributed by atoms with Crippen molar-refractivity contribution in [3.05, 3.63) is 35.8 Å². The number of piperidine rings is 1. The number of hydrogen-bond acceptors (Lipinski definition) is 5. The van der Waals surface area contributed by atoms with Gasteiger partial charge in [0, 0.05) is 25.6 Å². The number of aromatic nitrogens is 3. The number of fused-ring (bicyclic) bond motifs is 1. The van der Waals surface area contributed by atoms with Gasteiger partial charge in [0.25, 0.3) is 0 Å². The second-order valence-corrected chi connectivity index (χ2v) is 10.1. The molecule has 1 N–H and O–H groups in total. The number of amides is 1. The predicted octanol–water partition coefficient (Wildman–Crippen LogP) is 4.98. The summed E-state index contributed by atoms with van der Waals surface area (Å²) < 4.78 is 16.2. The summed E-state index contributed by atoms with van der Waals surface area (Å²) in [5, 5.41) is 8.87. The summed E-state index contributed by atoms with van der Waals surface area (Å²) in [4.78, 5) is 19.7. The van der Waals surface area contributed by atoms with Gasteiger partial charge in [-0.15, -0.1) is 0 Å². The molecule has 0 bridgehead atoms. The third-order valence-corrected chi connectivity index (χ3v) is 7.99. The average molecular weight is 456 g/mol. The van der Waals surface area contributed by atoms with Crippen LogP contribution in [0, 0.1) is 18.7 Å². The smallest absolute Gasteiger partial charge is 0.220 e. The molecule has 3 heterocycles. The summed E-state index contributed by atoms with van der Waals surface area (Å²) in [6, 6.07) is 6.59. The van der Waals surface area contributed by atoms with Crippen molar-refractivity contribution in [2.75, 3.05) is 18.0 Å². The summed E-state index contributed by atoms with van der Waals surface area (Å²) in [6.45, 7) is 3.75. The lowest BCUT2D eigenvalue weighted by molar-refractivity contribution is -0.123. The first-order valence-corrected chi connectivity index (χ1v) is 12.5. The van der Waals surface area contributed by atoms with Gasteiger partial charge in [-0.3, -0.25) is 4.79 Å². The maximum Gasteiger partial charge on any atom is 0.220 e. The molecule has 6 nitrogen and oxygen atoms in total. The molecule has 3 aromatic rings. The molecule has 1 aliphatic heterocycles. The van der Waals surface area contributed by atoms with Crippen LogP contribution in [-0.4, -0.2) is 39.8 Å². The van der Waals surface area contributed by atoms with Gasteiger partial charge in [0.05, 0.1) is 16.1 Å². The maximum absolute atomic E-state index is 13.3. The number of halogens is 1. The standard InChI is InChI=1S/C24H30FN5OS/c1-16-22-23(30(28-16)20-9-7-18(25)8-10-20)27-24(32-22)29-13-11-19(12-14-29)26-21(31)15-17-5-3-2-4-6-17/h7-10,17,19H,2-6,11-15H2,1H3,(H,26,31). The summed E-state index contributed by atoms with van der Waals surface area (Å²) in [5.41, 5.74) is 2.55. The second kappa shape index (κ2) is 9.17. The first kappa shape index (κ1) is 21.4. The Labute approximate surface area is 191 Å². The topological polar surface area (TPSA) is 63.1 Å². The Balaban J connectivity index is 1.22. The molecule has 2 fully saturated rings. The minimum atomic E-state index is -0.262. The van der Waals surface area contributed by atoms with Crippen LogP contribution in [0.2, 0.25) is 0 Å². The molecule has 170 valence electrons. The molecule has 2 aliphatic rings. The molecular weight excluding hydrogens is 425 g/mol. The second-order valence-electron chi connectivity index (χ2n) is 9.16. The van der Waals surface area contributed by atoms with E-state index in [1.165, 1.54) is 44.2 Å². The normalized spacial score (nSPS) is 18.4. The quantitative estimate of drug-likeness (QED) is 0.589. The number of rotatable bonds is 5. The number of benzene rings is 1. The van der Waals surface area contributed by atoms with Crippen molar-refractivity contribution < 1.29 is 9.18 Å². The number of thiazole rings is 1. The molecule has 0 atom stereocenters. The molecule has 1 aromatic carbocycles. The van der Waals surface area contributed by atoms with Crippen LogP contribution in [0.25, 0.3) is 16.0 Å². The largest absolute Gasteiger partial charge is 0.353 e. The highest BCUT2D eigenvalue weighted by Gasteiger charge is 2.25. The van der Waals surface area contributed by atoms with E-state index in [2.05, 4.69) is 15.3 Å². The van der Waals surface area contributed by atoms with Crippen molar-refractivity contribution >= 4 is 32.7 Å². The fraction of sp³-hybridized carbons (Fsp3) is 0.542. The number of nitrogens with zero attached hydrogens (tertiary/aromatic N) is 4. The molecule has 2 aromatic heterocycles. The first-order valence-electron chi connectivity index (χ1n) is 11.7. The average Bonchev–Trinajstić information content (AvgIpc) is 3.36. The molecule has 0 unspecified atom stereocenters. The number of carbonyl (C=O) groups is 1. The Hall–Kier alpha value is -2.48. The van der Waals surface area contributed by atoms with E-state index in [1.54, 1.807) is 28.2 Å². The monoisotopic (exact) mass is 455 g/mol. The minimum Gasteiger partial charge on any atom is -0.353 e. The molecule has 0 spiro atoms. The van der Waals surface area contributed by atoms with Crippen LogP contribution in [0.3, 0.4) is 0 Å². The molecule has 32 heavy (non-hydrogen) atoms. The Morgan fingerprint density at radius 2 is 1.84 bits per heavy atom. The van der Waals surface area contributed by atoms with E-state index in [1.807, 2.05) is 6.92 Å². The van der Waals surface area contributed by atoms with Crippen LogP contribution in [-0.2, 0) is 4.79 Å². The van der Waals surface area contributed by atoms with Crippen LogP contribution in [0.1, 0.15) is 57.1 Å². The van der Waals surface area contributed by atoms with E-state index < -0.39 is 0 Å². The van der Waals surface area contributed by atoms with Crippen molar-refractivity contribution in [2.24, 2.45) is 5.92 Å². The van der Waals surface area contributed by atoms with Gasteiger partial charge in [-0.05, 0) is 62.8 Å². The zero-order valence-corrected chi connectivity index (χ0v) is 19.3. The zero-order valence-electron chi connectivity index (χ0n) is 18.5. The third kappa shape index (κ3) is 4.51. The Morgan fingerprint density at radius 1 is 1.12 bits per heavy atom.